The van der Waals surface area contributed by atoms with Crippen LogP contribution in [0.25, 0.3) is 0 Å². The first-order chi connectivity index (χ1) is 9.08. The molecule has 1 aliphatic carbocycles. The van der Waals surface area contributed by atoms with Crippen LogP contribution in [0.2, 0.25) is 0 Å². The molecular formula is C16H23NOS. The van der Waals surface area contributed by atoms with Crippen molar-refractivity contribution in [3.63, 3.8) is 0 Å². The van der Waals surface area contributed by atoms with Gasteiger partial charge in [0.15, 0.2) is 0 Å². The molecule has 0 heterocycles. The summed E-state index contributed by atoms with van der Waals surface area (Å²) in [5, 5.41) is 3.22. The molecule has 1 saturated carbocycles. The molecule has 0 bridgehead atoms. The van der Waals surface area contributed by atoms with Crippen molar-refractivity contribution in [2.24, 2.45) is 0 Å². The van der Waals surface area contributed by atoms with E-state index in [-0.39, 0.29) is 5.91 Å². The summed E-state index contributed by atoms with van der Waals surface area (Å²) in [6.07, 6.45) is 6.08. The summed E-state index contributed by atoms with van der Waals surface area (Å²) in [6, 6.07) is 10.5. The Labute approximate surface area is 120 Å². The average molecular weight is 277 g/mol. The van der Waals surface area contributed by atoms with Crippen LogP contribution in [0.3, 0.4) is 0 Å². The molecule has 0 spiro atoms. The number of hydrogen-bond donors (Lipinski definition) is 1. The van der Waals surface area contributed by atoms with Crippen molar-refractivity contribution in [1.82, 2.24) is 5.32 Å². The third-order valence-corrected chi connectivity index (χ3v) is 4.81. The fourth-order valence-corrected chi connectivity index (χ4v) is 3.47. The first kappa shape index (κ1) is 14.4. The number of amides is 1. The van der Waals surface area contributed by atoms with E-state index in [1.54, 1.807) is 11.8 Å². The zero-order chi connectivity index (χ0) is 13.7. The maximum absolute atomic E-state index is 12.4. The predicted octanol–water partition coefficient (Wildman–Crippen LogP) is 4.01. The zero-order valence-corrected chi connectivity index (χ0v) is 12.6. The number of benzene rings is 1. The lowest BCUT2D eigenvalue weighted by Gasteiger charge is -2.29. The second-order valence-corrected chi connectivity index (χ2v) is 7.43. The van der Waals surface area contributed by atoms with Crippen molar-refractivity contribution in [1.29, 1.82) is 0 Å². The van der Waals surface area contributed by atoms with Gasteiger partial charge in [-0.15, -0.1) is 11.8 Å². The largest absolute Gasteiger partial charge is 0.352 e. The van der Waals surface area contributed by atoms with Gasteiger partial charge in [-0.05, 0) is 38.8 Å². The Hall–Kier alpha value is -0.960. The quantitative estimate of drug-likeness (QED) is 0.843. The lowest BCUT2D eigenvalue weighted by Crippen LogP contribution is -2.45. The number of rotatable bonds is 4. The fourth-order valence-electron chi connectivity index (χ4n) is 2.44. The Kier molecular flexibility index (Phi) is 4.92. The third kappa shape index (κ3) is 4.27. The van der Waals surface area contributed by atoms with Crippen LogP contribution >= 0.6 is 11.8 Å². The van der Waals surface area contributed by atoms with Gasteiger partial charge in [-0.1, -0.05) is 37.5 Å². The second-order valence-electron chi connectivity index (χ2n) is 5.73. The molecule has 3 heteroatoms. The predicted molar refractivity (Wildman–Crippen MR) is 81.4 cm³/mol. The lowest BCUT2D eigenvalue weighted by atomic mass is 9.95. The third-order valence-electron chi connectivity index (χ3n) is 3.60. The molecule has 1 aromatic carbocycles. The Morgan fingerprint density at radius 2 is 1.79 bits per heavy atom. The molecule has 1 amide bonds. The number of hydrogen-bond acceptors (Lipinski definition) is 2. The van der Waals surface area contributed by atoms with E-state index >= 15 is 0 Å². The van der Waals surface area contributed by atoms with E-state index in [1.165, 1.54) is 19.3 Å². The molecule has 1 fully saturated rings. The second kappa shape index (κ2) is 6.47. The van der Waals surface area contributed by atoms with Gasteiger partial charge in [0.1, 0.15) is 0 Å². The van der Waals surface area contributed by atoms with Gasteiger partial charge in [0, 0.05) is 10.9 Å². The molecule has 0 radical (unpaired) electrons. The highest BCUT2D eigenvalue weighted by Crippen LogP contribution is 2.32. The van der Waals surface area contributed by atoms with Gasteiger partial charge < -0.3 is 5.32 Å². The molecule has 0 aromatic heterocycles. The first-order valence-corrected chi connectivity index (χ1v) is 7.94. The Bertz CT molecular complexity index is 410. The van der Waals surface area contributed by atoms with E-state index in [0.717, 1.165) is 17.7 Å². The van der Waals surface area contributed by atoms with Crippen molar-refractivity contribution in [2.75, 3.05) is 0 Å². The highest BCUT2D eigenvalue weighted by atomic mass is 32.2. The van der Waals surface area contributed by atoms with Crippen molar-refractivity contribution < 1.29 is 4.79 Å². The lowest BCUT2D eigenvalue weighted by molar-refractivity contribution is -0.123. The summed E-state index contributed by atoms with van der Waals surface area (Å²) in [4.78, 5) is 13.6. The number of thioether (sulfide) groups is 1. The normalized spacial score (nSPS) is 17.2. The van der Waals surface area contributed by atoms with Gasteiger partial charge in [0.25, 0.3) is 0 Å². The minimum absolute atomic E-state index is 0.160. The smallest absolute Gasteiger partial charge is 0.236 e. The maximum atomic E-state index is 12.4. The van der Waals surface area contributed by atoms with Gasteiger partial charge in [-0.25, -0.2) is 0 Å². The minimum atomic E-state index is -0.418. The van der Waals surface area contributed by atoms with Gasteiger partial charge in [0.05, 0.1) is 4.75 Å². The number of carbonyl (C=O) groups excluding carboxylic acids is 1. The summed E-state index contributed by atoms with van der Waals surface area (Å²) >= 11 is 1.63. The standard InChI is InChI=1S/C16H23NOS/c1-16(2,19-14-11-7-4-8-12-14)15(18)17-13-9-5-3-6-10-13/h4,7-8,11-13H,3,5-6,9-10H2,1-2H3,(H,17,18). The van der Waals surface area contributed by atoms with E-state index in [9.17, 15) is 4.79 Å². The van der Waals surface area contributed by atoms with Crippen LogP contribution in [-0.2, 0) is 4.79 Å². The minimum Gasteiger partial charge on any atom is -0.352 e. The molecule has 0 unspecified atom stereocenters. The zero-order valence-electron chi connectivity index (χ0n) is 11.8. The molecule has 104 valence electrons. The van der Waals surface area contributed by atoms with E-state index in [4.69, 9.17) is 0 Å². The Balaban J connectivity index is 1.92. The van der Waals surface area contributed by atoms with Crippen LogP contribution in [-0.4, -0.2) is 16.7 Å². The molecule has 2 rings (SSSR count). The van der Waals surface area contributed by atoms with E-state index < -0.39 is 4.75 Å². The number of carbonyl (C=O) groups is 1. The highest BCUT2D eigenvalue weighted by Gasteiger charge is 2.30. The van der Waals surface area contributed by atoms with Gasteiger partial charge in [-0.2, -0.15) is 0 Å². The Morgan fingerprint density at radius 1 is 1.16 bits per heavy atom. The van der Waals surface area contributed by atoms with Crippen LogP contribution in [0.1, 0.15) is 46.0 Å². The van der Waals surface area contributed by atoms with Crippen LogP contribution in [0.5, 0.6) is 0 Å². The van der Waals surface area contributed by atoms with Crippen molar-refractivity contribution in [3.05, 3.63) is 30.3 Å². The molecule has 2 nitrogen and oxygen atoms in total. The summed E-state index contributed by atoms with van der Waals surface area (Å²) in [5.41, 5.74) is 0. The van der Waals surface area contributed by atoms with Crippen LogP contribution in [0.4, 0.5) is 0 Å². The molecule has 19 heavy (non-hydrogen) atoms. The monoisotopic (exact) mass is 277 g/mol. The van der Waals surface area contributed by atoms with E-state index in [0.29, 0.717) is 6.04 Å². The van der Waals surface area contributed by atoms with Crippen molar-refractivity contribution >= 4 is 17.7 Å². The summed E-state index contributed by atoms with van der Waals surface area (Å²) in [7, 11) is 0. The summed E-state index contributed by atoms with van der Waals surface area (Å²) < 4.78 is -0.418. The molecule has 0 saturated heterocycles. The Morgan fingerprint density at radius 3 is 2.42 bits per heavy atom. The molecule has 1 N–H and O–H groups in total. The average Bonchev–Trinajstić information content (AvgIpc) is 2.40. The topological polar surface area (TPSA) is 29.1 Å². The molecule has 0 atom stereocenters. The molecule has 0 aliphatic heterocycles. The van der Waals surface area contributed by atoms with Gasteiger partial charge in [0.2, 0.25) is 5.91 Å². The van der Waals surface area contributed by atoms with Crippen LogP contribution < -0.4 is 5.32 Å². The highest BCUT2D eigenvalue weighted by molar-refractivity contribution is 8.01. The van der Waals surface area contributed by atoms with Crippen LogP contribution in [0, 0.1) is 0 Å². The van der Waals surface area contributed by atoms with Crippen LogP contribution in [0.15, 0.2) is 35.2 Å². The summed E-state index contributed by atoms with van der Waals surface area (Å²) in [5.74, 6) is 0.160. The molecule has 1 aromatic rings. The summed E-state index contributed by atoms with van der Waals surface area (Å²) in [6.45, 7) is 4.01. The van der Waals surface area contributed by atoms with Gasteiger partial charge in [-0.3, -0.25) is 4.79 Å². The maximum Gasteiger partial charge on any atom is 0.236 e. The fraction of sp³-hybridized carbons (Fsp3) is 0.562. The van der Waals surface area contributed by atoms with Gasteiger partial charge >= 0.3 is 0 Å². The molecular weight excluding hydrogens is 254 g/mol. The molecule has 1 aliphatic rings. The van der Waals surface area contributed by atoms with E-state index in [2.05, 4.69) is 17.4 Å². The van der Waals surface area contributed by atoms with Crippen molar-refractivity contribution in [3.8, 4) is 0 Å². The van der Waals surface area contributed by atoms with Crippen molar-refractivity contribution in [2.45, 2.75) is 61.6 Å². The first-order valence-electron chi connectivity index (χ1n) is 7.13. The number of nitrogens with one attached hydrogen (secondary N) is 1. The SMILES string of the molecule is CC(C)(Sc1ccccc1)C(=O)NC1CCCCC1. The van der Waals surface area contributed by atoms with E-state index in [1.807, 2.05) is 32.0 Å².